The van der Waals surface area contributed by atoms with Gasteiger partial charge in [0.1, 0.15) is 0 Å². The summed E-state index contributed by atoms with van der Waals surface area (Å²) < 4.78 is 5.24. The molecule has 4 amide bonds. The van der Waals surface area contributed by atoms with Crippen molar-refractivity contribution in [2.24, 2.45) is 11.5 Å². The Hall–Kier alpha value is -4.52. The Balaban J connectivity index is 1.75. The van der Waals surface area contributed by atoms with Crippen molar-refractivity contribution in [1.29, 1.82) is 0 Å². The maximum atomic E-state index is 12.1. The predicted molar refractivity (Wildman–Crippen MR) is 112 cm³/mol. The molecule has 0 fully saturated rings. The number of primary amides is 2. The van der Waals surface area contributed by atoms with E-state index in [2.05, 4.69) is 10.6 Å². The topological polar surface area (TPSA) is 235 Å². The highest BCUT2D eigenvalue weighted by Gasteiger charge is 2.20. The van der Waals surface area contributed by atoms with Crippen LogP contribution in [0.15, 0.2) is 24.3 Å². The second kappa shape index (κ2) is 10.7. The molecule has 0 aliphatic rings. The van der Waals surface area contributed by atoms with Crippen LogP contribution in [0.1, 0.15) is 41.4 Å². The predicted octanol–water partition coefficient (Wildman–Crippen LogP) is -1.12. The van der Waals surface area contributed by atoms with Crippen LogP contribution in [0.25, 0.3) is 0 Å². The van der Waals surface area contributed by atoms with Crippen molar-refractivity contribution in [2.75, 3.05) is 26.3 Å². The molecule has 0 saturated heterocycles. The van der Waals surface area contributed by atoms with E-state index < -0.39 is 46.6 Å². The highest BCUT2D eigenvalue weighted by atomic mass is 16.5. The van der Waals surface area contributed by atoms with Crippen molar-refractivity contribution in [1.82, 2.24) is 10.6 Å². The van der Waals surface area contributed by atoms with Gasteiger partial charge in [-0.1, -0.05) is 0 Å². The first kappa shape index (κ1) is 24.7. The molecule has 0 aliphatic heterocycles. The van der Waals surface area contributed by atoms with Crippen molar-refractivity contribution >= 4 is 23.6 Å². The van der Waals surface area contributed by atoms with Crippen molar-refractivity contribution in [3.63, 3.8) is 0 Å². The molecule has 0 aliphatic carbocycles. The van der Waals surface area contributed by atoms with Gasteiger partial charge in [-0.05, 0) is 24.3 Å². The minimum Gasteiger partial charge on any atom is -0.504 e. The van der Waals surface area contributed by atoms with Crippen LogP contribution in [0.5, 0.6) is 23.0 Å². The molecule has 2 rings (SSSR count). The Bertz CT molecular complexity index is 1020. The van der Waals surface area contributed by atoms with Crippen LogP contribution in [0, 0.1) is 0 Å². The molecule has 2 aromatic rings. The van der Waals surface area contributed by atoms with E-state index in [0.717, 1.165) is 24.3 Å². The van der Waals surface area contributed by atoms with E-state index in [1.807, 2.05) is 0 Å². The van der Waals surface area contributed by atoms with Gasteiger partial charge in [-0.25, -0.2) is 0 Å². The molecule has 0 atom stereocenters. The van der Waals surface area contributed by atoms with E-state index in [9.17, 15) is 39.6 Å². The first-order chi connectivity index (χ1) is 15.6. The monoisotopic (exact) mass is 462 g/mol. The fourth-order valence-electron chi connectivity index (χ4n) is 2.69. The highest BCUT2D eigenvalue weighted by molar-refractivity contribution is 6.03. The molecule has 176 valence electrons. The number of ether oxygens (including phenoxy) is 1. The maximum absolute atomic E-state index is 12.1. The zero-order valence-electron chi connectivity index (χ0n) is 17.1. The van der Waals surface area contributed by atoms with Gasteiger partial charge in [0.25, 0.3) is 23.6 Å². The molecule has 13 heteroatoms. The molecule has 10 N–H and O–H groups in total. The van der Waals surface area contributed by atoms with Crippen LogP contribution < -0.4 is 22.1 Å². The maximum Gasteiger partial charge on any atom is 0.255 e. The lowest BCUT2D eigenvalue weighted by atomic mass is 10.1. The summed E-state index contributed by atoms with van der Waals surface area (Å²) >= 11 is 0. The van der Waals surface area contributed by atoms with Gasteiger partial charge in [0.2, 0.25) is 0 Å². The van der Waals surface area contributed by atoms with Crippen molar-refractivity contribution < 1.29 is 44.3 Å². The number of phenolic OH excluding ortho intramolecular Hbond substituents is 2. The summed E-state index contributed by atoms with van der Waals surface area (Å²) in [5.41, 5.74) is 8.87. The molecule has 13 nitrogen and oxygen atoms in total. The number of carbonyl (C=O) groups excluding carboxylic acids is 4. The molecule has 0 saturated carbocycles. The van der Waals surface area contributed by atoms with Gasteiger partial charge in [-0.15, -0.1) is 0 Å². The summed E-state index contributed by atoms with van der Waals surface area (Å²) in [7, 11) is 0. The fourth-order valence-corrected chi connectivity index (χ4v) is 2.69. The van der Waals surface area contributed by atoms with E-state index in [0.29, 0.717) is 0 Å². The van der Waals surface area contributed by atoms with Gasteiger partial charge in [0, 0.05) is 13.1 Å². The standard InChI is InChI=1S/C20H22N4O9/c21-17(29)9-1-3-11(15(27)13(9)25)19(31)23-5-7-33-8-6-24-20(32)12-4-2-10(18(22)30)14(26)16(12)28/h1-4,25-28H,5-8H2,(H2,21,29)(H2,22,30)(H,23,31)(H,24,32). The number of nitrogens with one attached hydrogen (secondary N) is 2. The minimum atomic E-state index is -0.968. The normalized spacial score (nSPS) is 10.4. The van der Waals surface area contributed by atoms with Crippen molar-refractivity contribution in [2.45, 2.75) is 0 Å². The Kier molecular flexibility index (Phi) is 8.01. The number of carbonyl (C=O) groups is 4. The van der Waals surface area contributed by atoms with E-state index >= 15 is 0 Å². The smallest absolute Gasteiger partial charge is 0.255 e. The number of rotatable bonds is 10. The van der Waals surface area contributed by atoms with Crippen molar-refractivity contribution in [3.8, 4) is 23.0 Å². The van der Waals surface area contributed by atoms with Gasteiger partial charge < -0.3 is 47.3 Å². The van der Waals surface area contributed by atoms with Crippen LogP contribution in [0.3, 0.4) is 0 Å². The van der Waals surface area contributed by atoms with Gasteiger partial charge in [-0.2, -0.15) is 0 Å². The zero-order chi connectivity index (χ0) is 24.7. The number of hydrogen-bond donors (Lipinski definition) is 8. The number of hydrogen-bond acceptors (Lipinski definition) is 9. The summed E-state index contributed by atoms with van der Waals surface area (Å²) in [6, 6.07) is 4.46. The van der Waals surface area contributed by atoms with Crippen LogP contribution in [-0.4, -0.2) is 70.4 Å². The molecule has 0 unspecified atom stereocenters. The van der Waals surface area contributed by atoms with Gasteiger partial charge in [0.15, 0.2) is 23.0 Å². The fraction of sp³-hybridized carbons (Fsp3) is 0.200. The quantitative estimate of drug-likeness (QED) is 0.157. The van der Waals surface area contributed by atoms with Crippen LogP contribution in [0.2, 0.25) is 0 Å². The third-order valence-electron chi connectivity index (χ3n) is 4.39. The SMILES string of the molecule is NC(=O)c1ccc(C(=O)NCCOCCNC(=O)c2ccc(C(N)=O)c(O)c2O)c(O)c1O. The number of benzene rings is 2. The first-order valence-electron chi connectivity index (χ1n) is 9.39. The summed E-state index contributed by atoms with van der Waals surface area (Å²) in [5, 5.41) is 44.0. The molecule has 0 radical (unpaired) electrons. The van der Waals surface area contributed by atoms with Gasteiger partial charge in [0.05, 0.1) is 35.5 Å². The zero-order valence-corrected chi connectivity index (χ0v) is 17.1. The molecule has 0 bridgehead atoms. The van der Waals surface area contributed by atoms with Crippen LogP contribution >= 0.6 is 0 Å². The lowest BCUT2D eigenvalue weighted by Gasteiger charge is -2.11. The third-order valence-corrected chi connectivity index (χ3v) is 4.39. The minimum absolute atomic E-state index is 0.0216. The van der Waals surface area contributed by atoms with Crippen LogP contribution in [-0.2, 0) is 4.74 Å². The first-order valence-corrected chi connectivity index (χ1v) is 9.39. The largest absolute Gasteiger partial charge is 0.504 e. The van der Waals surface area contributed by atoms with E-state index in [4.69, 9.17) is 16.2 Å². The Morgan fingerprint density at radius 1 is 0.636 bits per heavy atom. The number of aromatic hydroxyl groups is 4. The number of amides is 4. The lowest BCUT2D eigenvalue weighted by molar-refractivity contribution is 0.0886. The summed E-state index contributed by atoms with van der Waals surface area (Å²) in [4.78, 5) is 46.4. The average molecular weight is 462 g/mol. The van der Waals surface area contributed by atoms with E-state index in [1.165, 1.54) is 0 Å². The van der Waals surface area contributed by atoms with Gasteiger partial charge >= 0.3 is 0 Å². The molecule has 2 aromatic carbocycles. The Morgan fingerprint density at radius 3 is 1.27 bits per heavy atom. The summed E-state index contributed by atoms with van der Waals surface area (Å²) in [5.74, 6) is -6.57. The second-order valence-electron chi connectivity index (χ2n) is 6.57. The molecular weight excluding hydrogens is 440 g/mol. The molecule has 0 spiro atoms. The van der Waals surface area contributed by atoms with Crippen LogP contribution in [0.4, 0.5) is 0 Å². The van der Waals surface area contributed by atoms with Crippen molar-refractivity contribution in [3.05, 3.63) is 46.5 Å². The Morgan fingerprint density at radius 2 is 0.939 bits per heavy atom. The summed E-state index contributed by atoms with van der Waals surface area (Å²) in [6.07, 6.45) is 0. The highest BCUT2D eigenvalue weighted by Crippen LogP contribution is 2.33. The Labute approximate surface area is 186 Å². The molecule has 33 heavy (non-hydrogen) atoms. The lowest BCUT2D eigenvalue weighted by Crippen LogP contribution is -2.30. The third kappa shape index (κ3) is 5.80. The second-order valence-corrected chi connectivity index (χ2v) is 6.57. The number of phenols is 4. The average Bonchev–Trinajstić information content (AvgIpc) is 2.75. The molecular formula is C20H22N4O9. The van der Waals surface area contributed by atoms with E-state index in [-0.39, 0.29) is 48.6 Å². The summed E-state index contributed by atoms with van der Waals surface area (Å²) in [6.45, 7) is 0.113. The van der Waals surface area contributed by atoms with Gasteiger partial charge in [-0.3, -0.25) is 19.2 Å². The van der Waals surface area contributed by atoms with E-state index in [1.54, 1.807) is 0 Å². The number of nitrogens with two attached hydrogens (primary N) is 2. The molecule has 0 heterocycles. The molecule has 0 aromatic heterocycles.